The molecule has 0 radical (unpaired) electrons. The third-order valence-electron chi connectivity index (χ3n) is 2.77. The van der Waals surface area contributed by atoms with Gasteiger partial charge in [0, 0.05) is 20.1 Å². The molecule has 0 aliphatic heterocycles. The molecule has 0 heterocycles. The molecule has 96 valence electrons. The van der Waals surface area contributed by atoms with Gasteiger partial charge in [0.05, 0.1) is 10.7 Å². The average Bonchev–Trinajstić information content (AvgIpc) is 2.27. The van der Waals surface area contributed by atoms with Crippen LogP contribution in [0.4, 0.5) is 5.69 Å². The summed E-state index contributed by atoms with van der Waals surface area (Å²) in [6, 6.07) is 5.89. The first-order valence-electron chi connectivity index (χ1n) is 5.89. The van der Waals surface area contributed by atoms with E-state index in [-0.39, 0.29) is 0 Å². The van der Waals surface area contributed by atoms with Crippen LogP contribution in [0, 0.1) is 0 Å². The zero-order chi connectivity index (χ0) is 12.8. The minimum absolute atomic E-state index is 0.522. The van der Waals surface area contributed by atoms with E-state index in [0.29, 0.717) is 6.54 Å². The molecule has 0 atom stereocenters. The third kappa shape index (κ3) is 4.19. The van der Waals surface area contributed by atoms with Crippen LogP contribution in [0.5, 0.6) is 0 Å². The Morgan fingerprint density at radius 1 is 1.18 bits per heavy atom. The smallest absolute Gasteiger partial charge is 0.0642 e. The van der Waals surface area contributed by atoms with Crippen molar-refractivity contribution in [2.45, 2.75) is 13.0 Å². The Balaban J connectivity index is 2.70. The maximum absolute atomic E-state index is 6.24. The first-order valence-corrected chi connectivity index (χ1v) is 6.27. The number of rotatable bonds is 6. The Hall–Kier alpha value is -0.770. The second-order valence-corrected chi connectivity index (χ2v) is 4.94. The summed E-state index contributed by atoms with van der Waals surface area (Å²) in [6.07, 6.45) is 1.11. The number of benzene rings is 1. The highest BCUT2D eigenvalue weighted by Gasteiger charge is 2.10. The van der Waals surface area contributed by atoms with Crippen molar-refractivity contribution < 1.29 is 0 Å². The molecule has 1 rings (SSSR count). The Kier molecular flexibility index (Phi) is 5.75. The van der Waals surface area contributed by atoms with Gasteiger partial charge in [0.15, 0.2) is 0 Å². The van der Waals surface area contributed by atoms with Crippen molar-refractivity contribution in [2.75, 3.05) is 39.1 Å². The summed E-state index contributed by atoms with van der Waals surface area (Å²) < 4.78 is 0. The van der Waals surface area contributed by atoms with E-state index in [1.807, 2.05) is 18.2 Å². The molecule has 17 heavy (non-hydrogen) atoms. The maximum atomic E-state index is 6.24. The van der Waals surface area contributed by atoms with Gasteiger partial charge in [-0.3, -0.25) is 0 Å². The van der Waals surface area contributed by atoms with Crippen LogP contribution in [-0.2, 0) is 6.54 Å². The molecule has 0 spiro atoms. The molecule has 1 aromatic carbocycles. The molecule has 1 aromatic rings. The SMILES string of the molecule is CN(C)CCCN(C)c1c(Cl)cccc1CN. The van der Waals surface area contributed by atoms with E-state index in [0.717, 1.165) is 35.8 Å². The lowest BCUT2D eigenvalue weighted by Gasteiger charge is -2.24. The molecule has 2 N–H and O–H groups in total. The molecule has 3 nitrogen and oxygen atoms in total. The van der Waals surface area contributed by atoms with Crippen molar-refractivity contribution in [1.29, 1.82) is 0 Å². The highest BCUT2D eigenvalue weighted by Crippen LogP contribution is 2.28. The summed E-state index contributed by atoms with van der Waals surface area (Å²) in [6.45, 7) is 2.58. The number of anilines is 1. The van der Waals surface area contributed by atoms with Gasteiger partial charge in [-0.2, -0.15) is 0 Å². The van der Waals surface area contributed by atoms with Crippen molar-refractivity contribution in [3.05, 3.63) is 28.8 Å². The molecule has 0 saturated carbocycles. The molecular weight excluding hydrogens is 234 g/mol. The fourth-order valence-corrected chi connectivity index (χ4v) is 2.23. The Morgan fingerprint density at radius 3 is 2.47 bits per heavy atom. The Labute approximate surface area is 109 Å². The molecular formula is C13H22ClN3. The van der Waals surface area contributed by atoms with Crippen LogP contribution < -0.4 is 10.6 Å². The van der Waals surface area contributed by atoms with Gasteiger partial charge in [-0.15, -0.1) is 0 Å². The van der Waals surface area contributed by atoms with Gasteiger partial charge < -0.3 is 15.5 Å². The summed E-state index contributed by atoms with van der Waals surface area (Å²) in [5.74, 6) is 0. The van der Waals surface area contributed by atoms with E-state index in [4.69, 9.17) is 17.3 Å². The average molecular weight is 256 g/mol. The quantitative estimate of drug-likeness (QED) is 0.846. The van der Waals surface area contributed by atoms with E-state index in [9.17, 15) is 0 Å². The van der Waals surface area contributed by atoms with E-state index in [1.165, 1.54) is 0 Å². The van der Waals surface area contributed by atoms with Crippen LogP contribution in [0.15, 0.2) is 18.2 Å². The van der Waals surface area contributed by atoms with Crippen LogP contribution in [0.1, 0.15) is 12.0 Å². The van der Waals surface area contributed by atoms with Crippen molar-refractivity contribution >= 4 is 17.3 Å². The zero-order valence-corrected chi connectivity index (χ0v) is 11.7. The van der Waals surface area contributed by atoms with E-state index >= 15 is 0 Å². The van der Waals surface area contributed by atoms with Crippen molar-refractivity contribution in [2.24, 2.45) is 5.73 Å². The molecule has 0 aliphatic carbocycles. The minimum atomic E-state index is 0.522. The molecule has 0 aliphatic rings. The molecule has 4 heteroatoms. The molecule has 0 aromatic heterocycles. The summed E-state index contributed by atoms with van der Waals surface area (Å²) in [5, 5.41) is 0.778. The molecule has 0 unspecified atom stereocenters. The topological polar surface area (TPSA) is 32.5 Å². The highest BCUT2D eigenvalue weighted by molar-refractivity contribution is 6.33. The molecule has 0 saturated heterocycles. The van der Waals surface area contributed by atoms with Gasteiger partial charge in [0.1, 0.15) is 0 Å². The van der Waals surface area contributed by atoms with Gasteiger partial charge in [0.25, 0.3) is 0 Å². The van der Waals surface area contributed by atoms with Crippen LogP contribution in [-0.4, -0.2) is 39.1 Å². The summed E-state index contributed by atoms with van der Waals surface area (Å²) in [7, 11) is 6.23. The van der Waals surface area contributed by atoms with E-state index in [2.05, 4.69) is 30.9 Å². The third-order valence-corrected chi connectivity index (χ3v) is 3.08. The monoisotopic (exact) mass is 255 g/mol. The molecule has 0 amide bonds. The van der Waals surface area contributed by atoms with Crippen LogP contribution in [0.2, 0.25) is 5.02 Å². The van der Waals surface area contributed by atoms with E-state index < -0.39 is 0 Å². The maximum Gasteiger partial charge on any atom is 0.0642 e. The van der Waals surface area contributed by atoms with Crippen molar-refractivity contribution in [1.82, 2.24) is 4.90 Å². The summed E-state index contributed by atoms with van der Waals surface area (Å²) in [4.78, 5) is 4.37. The Bertz CT molecular complexity index is 353. The number of halogens is 1. The first-order chi connectivity index (χ1) is 8.06. The predicted molar refractivity (Wildman–Crippen MR) is 75.8 cm³/mol. The predicted octanol–water partition coefficient (Wildman–Crippen LogP) is 2.19. The molecule has 0 fully saturated rings. The summed E-state index contributed by atoms with van der Waals surface area (Å²) >= 11 is 6.24. The van der Waals surface area contributed by atoms with Crippen LogP contribution in [0.25, 0.3) is 0 Å². The van der Waals surface area contributed by atoms with Gasteiger partial charge in [-0.1, -0.05) is 23.7 Å². The van der Waals surface area contributed by atoms with Gasteiger partial charge in [-0.25, -0.2) is 0 Å². The molecule has 0 bridgehead atoms. The zero-order valence-electron chi connectivity index (χ0n) is 10.9. The lowest BCUT2D eigenvalue weighted by atomic mass is 10.1. The fraction of sp³-hybridized carbons (Fsp3) is 0.538. The summed E-state index contributed by atoms with van der Waals surface area (Å²) in [5.41, 5.74) is 7.91. The fourth-order valence-electron chi connectivity index (χ4n) is 1.89. The van der Waals surface area contributed by atoms with Crippen LogP contribution in [0.3, 0.4) is 0 Å². The largest absolute Gasteiger partial charge is 0.373 e. The lowest BCUT2D eigenvalue weighted by molar-refractivity contribution is 0.401. The number of hydrogen-bond acceptors (Lipinski definition) is 3. The van der Waals surface area contributed by atoms with E-state index in [1.54, 1.807) is 0 Å². The van der Waals surface area contributed by atoms with Gasteiger partial charge in [-0.05, 0) is 38.7 Å². The lowest BCUT2D eigenvalue weighted by Crippen LogP contribution is -2.24. The minimum Gasteiger partial charge on any atom is -0.373 e. The number of hydrogen-bond donors (Lipinski definition) is 1. The van der Waals surface area contributed by atoms with Gasteiger partial charge in [0.2, 0.25) is 0 Å². The number of nitrogens with two attached hydrogens (primary N) is 1. The first kappa shape index (κ1) is 14.3. The normalized spacial score (nSPS) is 10.9. The standard InChI is InChI=1S/C13H22ClN3/c1-16(2)8-5-9-17(3)13-11(10-15)6-4-7-12(13)14/h4,6-7H,5,8-10,15H2,1-3H3. The Morgan fingerprint density at radius 2 is 1.88 bits per heavy atom. The van der Waals surface area contributed by atoms with Gasteiger partial charge >= 0.3 is 0 Å². The van der Waals surface area contributed by atoms with Crippen LogP contribution >= 0.6 is 11.6 Å². The number of para-hydroxylation sites is 1. The second kappa shape index (κ2) is 6.84. The second-order valence-electron chi connectivity index (χ2n) is 4.53. The number of nitrogens with zero attached hydrogens (tertiary/aromatic N) is 2. The van der Waals surface area contributed by atoms with Crippen molar-refractivity contribution in [3.63, 3.8) is 0 Å². The van der Waals surface area contributed by atoms with Crippen molar-refractivity contribution in [3.8, 4) is 0 Å². The highest BCUT2D eigenvalue weighted by atomic mass is 35.5.